The molecule has 0 aromatic heterocycles. The van der Waals surface area contributed by atoms with Crippen LogP contribution in [0.2, 0.25) is 0 Å². The number of nitro groups is 1. The van der Waals surface area contributed by atoms with Gasteiger partial charge in [0.25, 0.3) is 5.69 Å². The second kappa shape index (κ2) is 6.00. The summed E-state index contributed by atoms with van der Waals surface area (Å²) in [6.07, 6.45) is 1.73. The highest BCUT2D eigenvalue weighted by atomic mass is 16.6. The van der Waals surface area contributed by atoms with Crippen LogP contribution in [0.4, 0.5) is 11.4 Å². The third-order valence-electron chi connectivity index (χ3n) is 2.46. The number of anilines is 1. The molecular formula is C12H16N2O3. The Morgan fingerprint density at radius 3 is 2.76 bits per heavy atom. The summed E-state index contributed by atoms with van der Waals surface area (Å²) in [7, 11) is 0. The normalized spacial score (nSPS) is 10.0. The van der Waals surface area contributed by atoms with Crippen molar-refractivity contribution in [3.8, 4) is 0 Å². The molecule has 1 N–H and O–H groups in total. The SMILES string of the molecule is C=CCN(CCO)c1ccc([N+](=O)[O-])c(C)c1. The van der Waals surface area contributed by atoms with Crippen molar-refractivity contribution in [2.24, 2.45) is 0 Å². The van der Waals surface area contributed by atoms with Gasteiger partial charge in [0.05, 0.1) is 11.5 Å². The Labute approximate surface area is 100 Å². The number of nitrogens with zero attached hydrogens (tertiary/aromatic N) is 2. The van der Waals surface area contributed by atoms with Crippen molar-refractivity contribution in [1.29, 1.82) is 0 Å². The van der Waals surface area contributed by atoms with E-state index in [2.05, 4.69) is 6.58 Å². The van der Waals surface area contributed by atoms with E-state index in [4.69, 9.17) is 5.11 Å². The van der Waals surface area contributed by atoms with Gasteiger partial charge in [-0.15, -0.1) is 6.58 Å². The van der Waals surface area contributed by atoms with Gasteiger partial charge in [-0.3, -0.25) is 10.1 Å². The van der Waals surface area contributed by atoms with E-state index in [9.17, 15) is 10.1 Å². The maximum atomic E-state index is 10.7. The van der Waals surface area contributed by atoms with E-state index in [-0.39, 0.29) is 12.3 Å². The number of hydrogen-bond donors (Lipinski definition) is 1. The molecule has 1 rings (SSSR count). The topological polar surface area (TPSA) is 66.6 Å². The van der Waals surface area contributed by atoms with Crippen molar-refractivity contribution in [3.05, 3.63) is 46.5 Å². The highest BCUT2D eigenvalue weighted by Gasteiger charge is 2.12. The van der Waals surface area contributed by atoms with Gasteiger partial charge in [-0.05, 0) is 19.1 Å². The van der Waals surface area contributed by atoms with Gasteiger partial charge < -0.3 is 10.0 Å². The fourth-order valence-corrected chi connectivity index (χ4v) is 1.64. The van der Waals surface area contributed by atoms with Crippen LogP contribution in [0.15, 0.2) is 30.9 Å². The summed E-state index contributed by atoms with van der Waals surface area (Å²) in [6.45, 7) is 6.45. The Bertz CT molecular complexity index is 418. The second-order valence-corrected chi connectivity index (χ2v) is 3.69. The molecule has 0 spiro atoms. The Morgan fingerprint density at radius 2 is 2.29 bits per heavy atom. The molecule has 0 amide bonds. The number of benzene rings is 1. The summed E-state index contributed by atoms with van der Waals surface area (Å²) in [5.41, 5.74) is 1.57. The number of aryl methyl sites for hydroxylation is 1. The second-order valence-electron chi connectivity index (χ2n) is 3.69. The van der Waals surface area contributed by atoms with Crippen molar-refractivity contribution < 1.29 is 10.0 Å². The lowest BCUT2D eigenvalue weighted by atomic mass is 10.1. The average Bonchev–Trinajstić information content (AvgIpc) is 2.28. The third kappa shape index (κ3) is 3.29. The summed E-state index contributed by atoms with van der Waals surface area (Å²) in [6, 6.07) is 4.92. The van der Waals surface area contributed by atoms with Gasteiger partial charge in [0, 0.05) is 30.4 Å². The Balaban J connectivity index is 3.01. The molecule has 17 heavy (non-hydrogen) atoms. The third-order valence-corrected chi connectivity index (χ3v) is 2.46. The van der Waals surface area contributed by atoms with Gasteiger partial charge >= 0.3 is 0 Å². The smallest absolute Gasteiger partial charge is 0.272 e. The van der Waals surface area contributed by atoms with Gasteiger partial charge in [-0.25, -0.2) is 0 Å². The Morgan fingerprint density at radius 1 is 1.59 bits per heavy atom. The van der Waals surface area contributed by atoms with Crippen LogP contribution in [0.3, 0.4) is 0 Å². The zero-order valence-electron chi connectivity index (χ0n) is 9.80. The van der Waals surface area contributed by atoms with Crippen molar-refractivity contribution in [2.45, 2.75) is 6.92 Å². The molecule has 5 heteroatoms. The lowest BCUT2D eigenvalue weighted by Gasteiger charge is -2.22. The van der Waals surface area contributed by atoms with Gasteiger partial charge in [-0.2, -0.15) is 0 Å². The van der Waals surface area contributed by atoms with Crippen molar-refractivity contribution >= 4 is 11.4 Å². The van der Waals surface area contributed by atoms with E-state index in [0.29, 0.717) is 18.7 Å². The van der Waals surface area contributed by atoms with E-state index >= 15 is 0 Å². The molecule has 0 aliphatic carbocycles. The van der Waals surface area contributed by atoms with Crippen LogP contribution in [-0.4, -0.2) is 29.7 Å². The monoisotopic (exact) mass is 236 g/mol. The summed E-state index contributed by atoms with van der Waals surface area (Å²) < 4.78 is 0. The predicted molar refractivity (Wildman–Crippen MR) is 67.3 cm³/mol. The maximum absolute atomic E-state index is 10.7. The molecule has 0 aliphatic heterocycles. The first-order valence-electron chi connectivity index (χ1n) is 5.32. The molecule has 1 aromatic rings. The molecule has 0 bridgehead atoms. The summed E-state index contributed by atoms with van der Waals surface area (Å²) in [5, 5.41) is 19.6. The van der Waals surface area contributed by atoms with Gasteiger partial charge in [0.2, 0.25) is 0 Å². The molecule has 0 saturated carbocycles. The van der Waals surface area contributed by atoms with Crippen LogP contribution in [0.25, 0.3) is 0 Å². The molecule has 0 heterocycles. The predicted octanol–water partition coefficient (Wildman–Crippen LogP) is 1.89. The lowest BCUT2D eigenvalue weighted by molar-refractivity contribution is -0.385. The molecule has 0 aliphatic rings. The minimum Gasteiger partial charge on any atom is -0.395 e. The zero-order chi connectivity index (χ0) is 12.8. The molecule has 0 fully saturated rings. The average molecular weight is 236 g/mol. The van der Waals surface area contributed by atoms with E-state index in [1.807, 2.05) is 4.90 Å². The molecule has 5 nitrogen and oxygen atoms in total. The Kier molecular flexibility index (Phi) is 4.66. The van der Waals surface area contributed by atoms with Gasteiger partial charge in [0.15, 0.2) is 0 Å². The van der Waals surface area contributed by atoms with E-state index in [0.717, 1.165) is 5.69 Å². The first-order chi connectivity index (χ1) is 8.10. The Hall–Kier alpha value is -1.88. The van der Waals surface area contributed by atoms with Gasteiger partial charge in [-0.1, -0.05) is 6.08 Å². The summed E-state index contributed by atoms with van der Waals surface area (Å²) in [4.78, 5) is 12.2. The number of hydrogen-bond acceptors (Lipinski definition) is 4. The van der Waals surface area contributed by atoms with Gasteiger partial charge in [0.1, 0.15) is 0 Å². The van der Waals surface area contributed by atoms with Crippen molar-refractivity contribution in [2.75, 3.05) is 24.6 Å². The van der Waals surface area contributed by atoms with Crippen molar-refractivity contribution in [3.63, 3.8) is 0 Å². The molecule has 0 saturated heterocycles. The molecule has 0 radical (unpaired) electrons. The largest absolute Gasteiger partial charge is 0.395 e. The highest BCUT2D eigenvalue weighted by Crippen LogP contribution is 2.24. The van der Waals surface area contributed by atoms with Crippen LogP contribution in [0.1, 0.15) is 5.56 Å². The molecule has 92 valence electrons. The standard InChI is InChI=1S/C12H16N2O3/c1-3-6-13(7-8-15)11-4-5-12(14(16)17)10(2)9-11/h3-5,9,15H,1,6-8H2,2H3. The quantitative estimate of drug-likeness (QED) is 0.465. The molecule has 0 unspecified atom stereocenters. The van der Waals surface area contributed by atoms with Crippen LogP contribution >= 0.6 is 0 Å². The number of nitro benzene ring substituents is 1. The van der Waals surface area contributed by atoms with Crippen LogP contribution in [0.5, 0.6) is 0 Å². The fraction of sp³-hybridized carbons (Fsp3) is 0.333. The van der Waals surface area contributed by atoms with E-state index in [1.54, 1.807) is 25.1 Å². The minimum atomic E-state index is -0.400. The summed E-state index contributed by atoms with van der Waals surface area (Å²) in [5.74, 6) is 0. The van der Waals surface area contributed by atoms with E-state index < -0.39 is 4.92 Å². The van der Waals surface area contributed by atoms with Crippen molar-refractivity contribution in [1.82, 2.24) is 0 Å². The molecule has 0 atom stereocenters. The molecular weight excluding hydrogens is 220 g/mol. The maximum Gasteiger partial charge on any atom is 0.272 e. The number of rotatable bonds is 6. The highest BCUT2D eigenvalue weighted by molar-refractivity contribution is 5.55. The zero-order valence-corrected chi connectivity index (χ0v) is 9.80. The number of aliphatic hydroxyl groups excluding tert-OH is 1. The van der Waals surface area contributed by atoms with Crippen LogP contribution in [0, 0.1) is 17.0 Å². The van der Waals surface area contributed by atoms with Crippen LogP contribution in [-0.2, 0) is 0 Å². The minimum absolute atomic E-state index is 0.0316. The van der Waals surface area contributed by atoms with Crippen LogP contribution < -0.4 is 4.90 Å². The summed E-state index contributed by atoms with van der Waals surface area (Å²) >= 11 is 0. The number of aliphatic hydroxyl groups is 1. The first-order valence-corrected chi connectivity index (χ1v) is 5.32. The van der Waals surface area contributed by atoms with E-state index in [1.165, 1.54) is 6.07 Å². The molecule has 1 aromatic carbocycles. The first kappa shape index (κ1) is 13.2. The lowest BCUT2D eigenvalue weighted by Crippen LogP contribution is -2.26. The fourth-order valence-electron chi connectivity index (χ4n) is 1.64.